The van der Waals surface area contributed by atoms with Crippen LogP contribution in [0.1, 0.15) is 348 Å². The van der Waals surface area contributed by atoms with E-state index in [1.807, 2.05) is 0 Å². The lowest BCUT2D eigenvalue weighted by atomic mass is 10.0. The second-order valence-corrected chi connectivity index (χ2v) is 22.6. The molecule has 3 atom stereocenters. The molecular weight excluding hydrogens is 915 g/mol. The topological polar surface area (TPSA) is 116 Å². The van der Waals surface area contributed by atoms with Gasteiger partial charge in [0.25, 0.3) is 0 Å². The Morgan fingerprint density at radius 2 is 0.743 bits per heavy atom. The SMILES string of the molecule is CCCCC/C=C\C/C=C\CCCCCCCC(=O)OCCCCCCCCCCCCCCCCCCCCCCCCCCCCCC(=O)N[C@@H](CO)[C@H](O)/C=C/[C@H](O)CCCCCCCCCCCCC. The molecule has 0 fully saturated rings. The highest BCUT2D eigenvalue weighted by atomic mass is 16.5. The van der Waals surface area contributed by atoms with Crippen molar-refractivity contribution in [3.63, 3.8) is 0 Å². The van der Waals surface area contributed by atoms with Crippen LogP contribution in [0.4, 0.5) is 0 Å². The lowest BCUT2D eigenvalue weighted by molar-refractivity contribution is -0.143. The summed E-state index contributed by atoms with van der Waals surface area (Å²) in [5.41, 5.74) is 0. The van der Waals surface area contributed by atoms with Crippen molar-refractivity contribution in [1.29, 1.82) is 0 Å². The zero-order chi connectivity index (χ0) is 53.7. The van der Waals surface area contributed by atoms with E-state index in [0.29, 0.717) is 25.9 Å². The summed E-state index contributed by atoms with van der Waals surface area (Å²) in [5.74, 6) is -0.127. The monoisotopic (exact) mass is 1040 g/mol. The van der Waals surface area contributed by atoms with Crippen LogP contribution in [0.2, 0.25) is 0 Å². The smallest absolute Gasteiger partial charge is 0.305 e. The van der Waals surface area contributed by atoms with E-state index >= 15 is 0 Å². The second kappa shape index (κ2) is 61.9. The Kier molecular flexibility index (Phi) is 60.2. The first kappa shape index (κ1) is 72.0. The molecule has 1 amide bonds. The summed E-state index contributed by atoms with van der Waals surface area (Å²) in [4.78, 5) is 24.5. The van der Waals surface area contributed by atoms with E-state index in [4.69, 9.17) is 4.74 Å². The lowest BCUT2D eigenvalue weighted by Gasteiger charge is -2.20. The van der Waals surface area contributed by atoms with Gasteiger partial charge >= 0.3 is 5.97 Å². The Hall–Kier alpha value is -1.96. The fourth-order valence-corrected chi connectivity index (χ4v) is 10.2. The highest BCUT2D eigenvalue weighted by Crippen LogP contribution is 2.18. The van der Waals surface area contributed by atoms with Crippen LogP contribution < -0.4 is 5.32 Å². The number of aliphatic hydroxyl groups is 3. The number of carbonyl (C=O) groups is 2. The van der Waals surface area contributed by atoms with E-state index in [-0.39, 0.29) is 18.5 Å². The minimum atomic E-state index is -1.02. The fraction of sp³-hybridized carbons (Fsp3) is 0.881. The number of rotatable bonds is 61. The van der Waals surface area contributed by atoms with Crippen LogP contribution in [-0.4, -0.2) is 58.7 Å². The minimum absolute atomic E-state index is 0.000995. The molecular formula is C67H127NO6. The van der Waals surface area contributed by atoms with Gasteiger partial charge < -0.3 is 25.4 Å². The fourth-order valence-electron chi connectivity index (χ4n) is 10.2. The average Bonchev–Trinajstić information content (AvgIpc) is 3.40. The Morgan fingerprint density at radius 3 is 1.16 bits per heavy atom. The molecule has 0 aliphatic rings. The van der Waals surface area contributed by atoms with E-state index in [2.05, 4.69) is 43.5 Å². The summed E-state index contributed by atoms with van der Waals surface area (Å²) in [5, 5.41) is 33.4. The Bertz CT molecular complexity index is 1220. The summed E-state index contributed by atoms with van der Waals surface area (Å²) < 4.78 is 5.48. The molecule has 0 aromatic heterocycles. The molecule has 0 saturated carbocycles. The predicted molar refractivity (Wildman–Crippen MR) is 321 cm³/mol. The molecule has 0 heterocycles. The summed E-state index contributed by atoms with van der Waals surface area (Å²) in [6, 6.07) is -0.748. The maximum Gasteiger partial charge on any atom is 0.305 e. The van der Waals surface area contributed by atoms with Gasteiger partial charge in [-0.3, -0.25) is 9.59 Å². The van der Waals surface area contributed by atoms with Crippen LogP contribution in [0.5, 0.6) is 0 Å². The van der Waals surface area contributed by atoms with Gasteiger partial charge in [-0.05, 0) is 57.8 Å². The maximum absolute atomic E-state index is 12.5. The zero-order valence-electron chi connectivity index (χ0n) is 49.4. The number of esters is 1. The molecule has 0 radical (unpaired) electrons. The first-order chi connectivity index (χ1) is 36.4. The molecule has 0 aromatic carbocycles. The highest BCUT2D eigenvalue weighted by Gasteiger charge is 2.18. The normalized spacial score (nSPS) is 13.2. The van der Waals surface area contributed by atoms with Gasteiger partial charge in [0.1, 0.15) is 0 Å². The van der Waals surface area contributed by atoms with Crippen LogP contribution in [0.15, 0.2) is 36.5 Å². The van der Waals surface area contributed by atoms with E-state index in [0.717, 1.165) is 57.8 Å². The minimum Gasteiger partial charge on any atom is -0.466 e. The molecule has 4 N–H and O–H groups in total. The van der Waals surface area contributed by atoms with Gasteiger partial charge in [-0.25, -0.2) is 0 Å². The van der Waals surface area contributed by atoms with Crippen molar-refractivity contribution in [2.45, 2.75) is 366 Å². The molecule has 0 bridgehead atoms. The third-order valence-electron chi connectivity index (χ3n) is 15.2. The number of hydrogen-bond acceptors (Lipinski definition) is 6. The number of amides is 1. The standard InChI is InChI=1S/C67H127NO6/c1-3-5-7-9-11-13-15-16-30-34-38-42-46-50-54-58-67(73)74-61-55-51-47-43-39-35-32-29-27-25-23-21-19-17-18-20-22-24-26-28-31-33-37-41-45-49-53-57-66(72)68-64(62-69)65(71)60-59-63(70)56-52-48-44-40-36-14-12-10-8-6-4-2/h11,13,16,30,59-60,63-65,69-71H,3-10,12,14-15,17-29,31-58,61-62H2,1-2H3,(H,68,72)/b13-11-,30-16-,60-59+/t63-,64+,65-/m1/s1. The van der Waals surface area contributed by atoms with Crippen molar-refractivity contribution in [1.82, 2.24) is 5.32 Å². The summed E-state index contributed by atoms with van der Waals surface area (Å²) in [6.07, 6.45) is 75.0. The van der Waals surface area contributed by atoms with Gasteiger partial charge in [0, 0.05) is 12.8 Å². The van der Waals surface area contributed by atoms with Crippen molar-refractivity contribution in [3.8, 4) is 0 Å². The molecule has 0 aliphatic carbocycles. The third-order valence-corrected chi connectivity index (χ3v) is 15.2. The van der Waals surface area contributed by atoms with E-state index < -0.39 is 18.2 Å². The molecule has 74 heavy (non-hydrogen) atoms. The Morgan fingerprint density at radius 1 is 0.405 bits per heavy atom. The van der Waals surface area contributed by atoms with Crippen LogP contribution in [0.25, 0.3) is 0 Å². The molecule has 0 aliphatic heterocycles. The van der Waals surface area contributed by atoms with E-state index in [1.54, 1.807) is 6.08 Å². The van der Waals surface area contributed by atoms with Crippen LogP contribution in [0.3, 0.4) is 0 Å². The maximum atomic E-state index is 12.5. The highest BCUT2D eigenvalue weighted by molar-refractivity contribution is 5.76. The zero-order valence-corrected chi connectivity index (χ0v) is 49.4. The second-order valence-electron chi connectivity index (χ2n) is 22.6. The number of hydrogen-bond donors (Lipinski definition) is 4. The number of allylic oxidation sites excluding steroid dienone is 4. The summed E-state index contributed by atoms with van der Waals surface area (Å²) in [7, 11) is 0. The number of carbonyl (C=O) groups excluding carboxylic acids is 2. The average molecular weight is 1040 g/mol. The number of aliphatic hydroxyl groups excluding tert-OH is 3. The predicted octanol–water partition coefficient (Wildman–Crippen LogP) is 19.7. The van der Waals surface area contributed by atoms with Gasteiger partial charge in [-0.15, -0.1) is 0 Å². The first-order valence-electron chi connectivity index (χ1n) is 32.8. The molecule has 0 aromatic rings. The molecule has 436 valence electrons. The van der Waals surface area contributed by atoms with Gasteiger partial charge in [-0.2, -0.15) is 0 Å². The third kappa shape index (κ3) is 57.7. The van der Waals surface area contributed by atoms with Crippen molar-refractivity contribution in [3.05, 3.63) is 36.5 Å². The van der Waals surface area contributed by atoms with Crippen molar-refractivity contribution < 1.29 is 29.6 Å². The van der Waals surface area contributed by atoms with Gasteiger partial charge in [0.2, 0.25) is 5.91 Å². The molecule has 0 unspecified atom stereocenters. The van der Waals surface area contributed by atoms with Crippen LogP contribution in [-0.2, 0) is 14.3 Å². The van der Waals surface area contributed by atoms with Gasteiger partial charge in [0.05, 0.1) is 31.5 Å². The van der Waals surface area contributed by atoms with E-state index in [9.17, 15) is 24.9 Å². The van der Waals surface area contributed by atoms with Crippen LogP contribution >= 0.6 is 0 Å². The molecule has 0 spiro atoms. The van der Waals surface area contributed by atoms with Crippen LogP contribution in [0, 0.1) is 0 Å². The summed E-state index contributed by atoms with van der Waals surface area (Å²) >= 11 is 0. The number of unbranched alkanes of at least 4 members (excludes halogenated alkanes) is 44. The number of nitrogens with one attached hydrogen (secondary N) is 1. The molecule has 0 saturated heterocycles. The molecule has 0 rings (SSSR count). The Balaban J connectivity index is 3.41. The van der Waals surface area contributed by atoms with E-state index in [1.165, 1.54) is 263 Å². The largest absolute Gasteiger partial charge is 0.466 e. The molecule has 7 nitrogen and oxygen atoms in total. The molecule has 7 heteroatoms. The van der Waals surface area contributed by atoms with Crippen molar-refractivity contribution in [2.24, 2.45) is 0 Å². The van der Waals surface area contributed by atoms with Gasteiger partial charge in [0.15, 0.2) is 0 Å². The van der Waals surface area contributed by atoms with Crippen molar-refractivity contribution in [2.75, 3.05) is 13.2 Å². The number of ether oxygens (including phenoxy) is 1. The Labute approximate surface area is 460 Å². The first-order valence-corrected chi connectivity index (χ1v) is 32.8. The lowest BCUT2D eigenvalue weighted by Crippen LogP contribution is -2.45. The van der Waals surface area contributed by atoms with Gasteiger partial charge in [-0.1, -0.05) is 314 Å². The van der Waals surface area contributed by atoms with Crippen molar-refractivity contribution >= 4 is 11.9 Å². The summed E-state index contributed by atoms with van der Waals surface area (Å²) in [6.45, 7) is 4.78. The quantitative estimate of drug-likeness (QED) is 0.0274.